The van der Waals surface area contributed by atoms with Crippen molar-refractivity contribution in [3.05, 3.63) is 59.6 Å². The van der Waals surface area contributed by atoms with Crippen molar-refractivity contribution in [1.82, 2.24) is 4.72 Å². The topological polar surface area (TPSA) is 68.5 Å². The number of nitrogens with one attached hydrogen (secondary N) is 1. The van der Waals surface area contributed by atoms with E-state index in [2.05, 4.69) is 4.72 Å². The number of sulfonamides is 1. The summed E-state index contributed by atoms with van der Waals surface area (Å²) in [5.74, 6) is -1.70. The van der Waals surface area contributed by atoms with E-state index >= 15 is 0 Å². The van der Waals surface area contributed by atoms with E-state index in [0.717, 1.165) is 12.1 Å². The van der Waals surface area contributed by atoms with Gasteiger partial charge in [-0.15, -0.1) is 0 Å². The summed E-state index contributed by atoms with van der Waals surface area (Å²) in [5, 5.41) is 0. The molecule has 5 nitrogen and oxygen atoms in total. The highest BCUT2D eigenvalue weighted by Crippen LogP contribution is 2.17. The van der Waals surface area contributed by atoms with E-state index in [1.165, 1.54) is 13.4 Å². The third-order valence-electron chi connectivity index (χ3n) is 2.91. The number of methoxy groups -OCH3 is 1. The van der Waals surface area contributed by atoms with Crippen molar-refractivity contribution in [3.8, 4) is 0 Å². The molecule has 2 rings (SSSR count). The van der Waals surface area contributed by atoms with Crippen LogP contribution in [-0.2, 0) is 20.5 Å². The highest BCUT2D eigenvalue weighted by molar-refractivity contribution is 7.88. The molecule has 0 amide bonds. The number of ether oxygens (including phenoxy) is 1. The molecule has 1 N–H and O–H groups in total. The van der Waals surface area contributed by atoms with Gasteiger partial charge in [-0.3, -0.25) is 0 Å². The summed E-state index contributed by atoms with van der Waals surface area (Å²) < 4.78 is 62.7. The summed E-state index contributed by atoms with van der Waals surface area (Å²) in [5.41, 5.74) is 0.0250. The average Bonchev–Trinajstić information content (AvgIpc) is 2.91. The van der Waals surface area contributed by atoms with Gasteiger partial charge >= 0.3 is 0 Å². The molecule has 1 atom stereocenters. The Balaban J connectivity index is 2.01. The molecule has 1 aromatic heterocycles. The van der Waals surface area contributed by atoms with Crippen LogP contribution >= 0.6 is 0 Å². The molecule has 1 heterocycles. The third-order valence-corrected chi connectivity index (χ3v) is 4.23. The minimum absolute atomic E-state index is 0.0250. The molecule has 22 heavy (non-hydrogen) atoms. The van der Waals surface area contributed by atoms with E-state index < -0.39 is 33.5 Å². The fraction of sp³-hybridized carbons (Fsp3) is 0.286. The van der Waals surface area contributed by atoms with Crippen molar-refractivity contribution in [2.45, 2.75) is 11.9 Å². The lowest BCUT2D eigenvalue weighted by atomic mass is 10.2. The summed E-state index contributed by atoms with van der Waals surface area (Å²) in [6, 6.07) is 5.95. The van der Waals surface area contributed by atoms with Crippen LogP contribution in [0.25, 0.3) is 0 Å². The molecule has 0 aliphatic carbocycles. The second-order valence-electron chi connectivity index (χ2n) is 4.63. The number of hydrogen-bond donors (Lipinski definition) is 1. The second-order valence-corrected chi connectivity index (χ2v) is 6.43. The summed E-state index contributed by atoms with van der Waals surface area (Å²) in [4.78, 5) is 0. The normalized spacial score (nSPS) is 13.2. The Labute approximate surface area is 126 Å². The van der Waals surface area contributed by atoms with Crippen LogP contribution < -0.4 is 4.72 Å². The van der Waals surface area contributed by atoms with E-state index in [1.807, 2.05) is 0 Å². The summed E-state index contributed by atoms with van der Waals surface area (Å²) in [7, 11) is -2.35. The molecular weight excluding hydrogens is 316 g/mol. The van der Waals surface area contributed by atoms with Crippen LogP contribution in [-0.4, -0.2) is 22.1 Å². The highest BCUT2D eigenvalue weighted by Gasteiger charge is 2.18. The first kappa shape index (κ1) is 16.6. The minimum atomic E-state index is -3.77. The Hall–Kier alpha value is -1.77. The molecule has 0 saturated carbocycles. The predicted octanol–water partition coefficient (Wildman–Crippen LogP) is 2.36. The SMILES string of the molecule is CO[C@H](CNS(=O)(=O)Cc1cc(F)cc(F)c1)c1ccco1. The van der Waals surface area contributed by atoms with Crippen LogP contribution in [0.4, 0.5) is 8.78 Å². The Morgan fingerprint density at radius 2 is 1.95 bits per heavy atom. The van der Waals surface area contributed by atoms with Gasteiger partial charge in [0.15, 0.2) is 0 Å². The molecule has 0 spiro atoms. The van der Waals surface area contributed by atoms with Crippen LogP contribution in [0.3, 0.4) is 0 Å². The Bertz CT molecular complexity index is 696. The van der Waals surface area contributed by atoms with E-state index in [-0.39, 0.29) is 12.1 Å². The first-order valence-corrected chi connectivity index (χ1v) is 8.03. The minimum Gasteiger partial charge on any atom is -0.467 e. The Kier molecular flexibility index (Phi) is 5.28. The molecule has 0 bridgehead atoms. The summed E-state index contributed by atoms with van der Waals surface area (Å²) in [6.45, 7) is -0.0514. The molecular formula is C14H15F2NO4S. The number of halogens is 2. The summed E-state index contributed by atoms with van der Waals surface area (Å²) in [6.07, 6.45) is 0.861. The van der Waals surface area contributed by atoms with Gasteiger partial charge < -0.3 is 9.15 Å². The van der Waals surface area contributed by atoms with Gasteiger partial charge in [-0.05, 0) is 29.8 Å². The Morgan fingerprint density at radius 1 is 1.27 bits per heavy atom. The van der Waals surface area contributed by atoms with Crippen LogP contribution in [0.2, 0.25) is 0 Å². The molecule has 120 valence electrons. The number of hydrogen-bond acceptors (Lipinski definition) is 4. The van der Waals surface area contributed by atoms with Crippen LogP contribution in [0, 0.1) is 11.6 Å². The lowest BCUT2D eigenvalue weighted by molar-refractivity contribution is 0.0878. The molecule has 8 heteroatoms. The summed E-state index contributed by atoms with van der Waals surface area (Å²) >= 11 is 0. The monoisotopic (exact) mass is 331 g/mol. The quantitative estimate of drug-likeness (QED) is 0.846. The van der Waals surface area contributed by atoms with Gasteiger partial charge in [0, 0.05) is 19.7 Å². The van der Waals surface area contributed by atoms with E-state index in [4.69, 9.17) is 9.15 Å². The third kappa shape index (κ3) is 4.62. The average molecular weight is 331 g/mol. The molecule has 2 aromatic rings. The zero-order valence-electron chi connectivity index (χ0n) is 11.8. The molecule has 0 unspecified atom stereocenters. The van der Waals surface area contributed by atoms with E-state index in [1.54, 1.807) is 12.1 Å². The van der Waals surface area contributed by atoms with Gasteiger partial charge in [0.1, 0.15) is 23.5 Å². The van der Waals surface area contributed by atoms with Crippen LogP contribution in [0.1, 0.15) is 17.4 Å². The van der Waals surface area contributed by atoms with Crippen molar-refractivity contribution < 1.29 is 26.4 Å². The smallest absolute Gasteiger partial charge is 0.215 e. The van der Waals surface area contributed by atoms with E-state index in [0.29, 0.717) is 11.8 Å². The van der Waals surface area contributed by atoms with Crippen molar-refractivity contribution in [2.24, 2.45) is 0 Å². The largest absolute Gasteiger partial charge is 0.467 e. The fourth-order valence-electron chi connectivity index (χ4n) is 1.94. The zero-order chi connectivity index (χ0) is 16.2. The van der Waals surface area contributed by atoms with Gasteiger partial charge in [-0.25, -0.2) is 21.9 Å². The first-order valence-electron chi connectivity index (χ1n) is 6.38. The number of furan rings is 1. The lowest BCUT2D eigenvalue weighted by Crippen LogP contribution is -2.30. The van der Waals surface area contributed by atoms with Gasteiger partial charge in [-0.1, -0.05) is 0 Å². The van der Waals surface area contributed by atoms with Crippen LogP contribution in [0.5, 0.6) is 0 Å². The lowest BCUT2D eigenvalue weighted by Gasteiger charge is -2.14. The zero-order valence-corrected chi connectivity index (χ0v) is 12.6. The maximum Gasteiger partial charge on any atom is 0.215 e. The molecule has 0 saturated heterocycles. The molecule has 1 aromatic carbocycles. The maximum atomic E-state index is 13.1. The van der Waals surface area contributed by atoms with Crippen molar-refractivity contribution in [2.75, 3.05) is 13.7 Å². The molecule has 0 aliphatic heterocycles. The van der Waals surface area contributed by atoms with E-state index in [9.17, 15) is 17.2 Å². The van der Waals surface area contributed by atoms with Gasteiger partial charge in [0.2, 0.25) is 10.0 Å². The van der Waals surface area contributed by atoms with Crippen molar-refractivity contribution in [1.29, 1.82) is 0 Å². The standard InChI is InChI=1S/C14H15F2NO4S/c1-20-14(13-3-2-4-21-13)8-17-22(18,19)9-10-5-11(15)7-12(16)6-10/h2-7,14,17H,8-9H2,1H3/t14-/m1/s1. The molecule has 0 radical (unpaired) electrons. The van der Waals surface area contributed by atoms with Crippen LogP contribution in [0.15, 0.2) is 41.0 Å². The van der Waals surface area contributed by atoms with Crippen molar-refractivity contribution in [3.63, 3.8) is 0 Å². The number of benzene rings is 1. The second kappa shape index (κ2) is 6.99. The fourth-order valence-corrected chi connectivity index (χ4v) is 3.05. The predicted molar refractivity (Wildman–Crippen MR) is 75.4 cm³/mol. The first-order chi connectivity index (χ1) is 10.4. The van der Waals surface area contributed by atoms with Crippen molar-refractivity contribution >= 4 is 10.0 Å². The Morgan fingerprint density at radius 3 is 2.50 bits per heavy atom. The van der Waals surface area contributed by atoms with Gasteiger partial charge in [0.25, 0.3) is 0 Å². The van der Waals surface area contributed by atoms with Gasteiger partial charge in [-0.2, -0.15) is 0 Å². The highest BCUT2D eigenvalue weighted by atomic mass is 32.2. The molecule has 0 fully saturated rings. The van der Waals surface area contributed by atoms with Gasteiger partial charge in [0.05, 0.1) is 12.0 Å². The number of rotatable bonds is 7. The molecule has 0 aliphatic rings. The maximum absolute atomic E-state index is 13.1.